The Morgan fingerprint density at radius 2 is 2.22 bits per heavy atom. The van der Waals surface area contributed by atoms with Crippen LogP contribution in [0.25, 0.3) is 0 Å². The molecule has 96 valence electrons. The first-order valence-electron chi connectivity index (χ1n) is 6.04. The lowest BCUT2D eigenvalue weighted by molar-refractivity contribution is -0.158. The highest BCUT2D eigenvalue weighted by Gasteiger charge is 2.65. The zero-order valence-corrected chi connectivity index (χ0v) is 11.0. The average molecular weight is 267 g/mol. The molecule has 0 radical (unpaired) electrons. The van der Waals surface area contributed by atoms with E-state index in [2.05, 4.69) is 17.2 Å². The summed E-state index contributed by atoms with van der Waals surface area (Å²) in [6, 6.07) is 3.33. The molecule has 4 nitrogen and oxygen atoms in total. The summed E-state index contributed by atoms with van der Waals surface area (Å²) in [6.45, 7) is 2.27. The number of pyridine rings is 1. The van der Waals surface area contributed by atoms with E-state index < -0.39 is 0 Å². The van der Waals surface area contributed by atoms with Crippen molar-refractivity contribution in [3.8, 4) is 5.88 Å². The zero-order valence-electron chi connectivity index (χ0n) is 10.2. The minimum atomic E-state index is -0.0755. The van der Waals surface area contributed by atoms with Gasteiger partial charge in [0.1, 0.15) is 0 Å². The summed E-state index contributed by atoms with van der Waals surface area (Å²) in [7, 11) is 0. The zero-order chi connectivity index (χ0) is 12.8. The average Bonchev–Trinajstić information content (AvgIpc) is 2.25. The predicted octanol–water partition coefficient (Wildman–Crippen LogP) is 2.17. The molecule has 0 unspecified atom stereocenters. The largest absolute Gasteiger partial charge is 0.468 e. The molecule has 18 heavy (non-hydrogen) atoms. The van der Waals surface area contributed by atoms with E-state index in [1.54, 1.807) is 12.1 Å². The van der Waals surface area contributed by atoms with Gasteiger partial charge < -0.3 is 10.1 Å². The minimum Gasteiger partial charge on any atom is -0.468 e. The van der Waals surface area contributed by atoms with Crippen LogP contribution in [0.5, 0.6) is 5.88 Å². The van der Waals surface area contributed by atoms with E-state index in [-0.39, 0.29) is 18.1 Å². The lowest BCUT2D eigenvalue weighted by Crippen LogP contribution is -2.73. The standard InChI is InChI=1S/C13H15ClN2O2/c1-12-6-13(7-12,8-12)16-10(17)5-18-11-3-2-9(14)4-15-11/h2-4H,5-8H2,1H3,(H,16,17). The van der Waals surface area contributed by atoms with E-state index in [0.717, 1.165) is 19.3 Å². The molecule has 0 spiro atoms. The highest BCUT2D eigenvalue weighted by atomic mass is 35.5. The number of carbonyl (C=O) groups excluding carboxylic acids is 1. The van der Waals surface area contributed by atoms with Gasteiger partial charge in [0.05, 0.1) is 5.02 Å². The van der Waals surface area contributed by atoms with Crippen LogP contribution in [-0.4, -0.2) is 23.0 Å². The highest BCUT2D eigenvalue weighted by molar-refractivity contribution is 6.30. The van der Waals surface area contributed by atoms with Crippen LogP contribution in [0.4, 0.5) is 0 Å². The fourth-order valence-electron chi connectivity index (χ4n) is 3.35. The number of aromatic nitrogens is 1. The van der Waals surface area contributed by atoms with Crippen molar-refractivity contribution in [1.29, 1.82) is 0 Å². The Labute approximate surface area is 111 Å². The third-order valence-corrected chi connectivity index (χ3v) is 3.98. The fraction of sp³-hybridized carbons (Fsp3) is 0.538. The maximum Gasteiger partial charge on any atom is 0.258 e. The SMILES string of the molecule is CC12CC(NC(=O)COc3ccc(Cl)cn3)(C1)C2. The number of rotatable bonds is 4. The van der Waals surface area contributed by atoms with E-state index in [1.807, 2.05) is 0 Å². The molecule has 3 fully saturated rings. The summed E-state index contributed by atoms with van der Waals surface area (Å²) in [5.74, 6) is 0.340. The van der Waals surface area contributed by atoms with Crippen LogP contribution in [0.1, 0.15) is 26.2 Å². The van der Waals surface area contributed by atoms with Gasteiger partial charge in [-0.05, 0) is 30.7 Å². The number of nitrogens with zero attached hydrogens (tertiary/aromatic N) is 1. The summed E-state index contributed by atoms with van der Waals surface area (Å²) in [5.41, 5.74) is 0.564. The van der Waals surface area contributed by atoms with Crippen LogP contribution in [0, 0.1) is 5.41 Å². The Morgan fingerprint density at radius 3 is 2.78 bits per heavy atom. The normalized spacial score (nSPS) is 32.1. The number of hydrogen-bond acceptors (Lipinski definition) is 3. The maximum atomic E-state index is 11.7. The Kier molecular flexibility index (Phi) is 2.52. The van der Waals surface area contributed by atoms with Crippen LogP contribution in [0.3, 0.4) is 0 Å². The molecule has 1 heterocycles. The maximum absolute atomic E-state index is 11.7. The molecule has 0 aromatic carbocycles. The number of nitrogens with one attached hydrogen (secondary N) is 1. The third-order valence-electron chi connectivity index (χ3n) is 3.75. The second kappa shape index (κ2) is 3.85. The molecule has 3 aliphatic rings. The van der Waals surface area contributed by atoms with E-state index in [4.69, 9.17) is 16.3 Å². The Morgan fingerprint density at radius 1 is 1.50 bits per heavy atom. The summed E-state index contributed by atoms with van der Waals surface area (Å²) in [6.07, 6.45) is 4.80. The summed E-state index contributed by atoms with van der Waals surface area (Å²) in [5, 5.41) is 3.60. The Bertz CT molecular complexity index is 466. The third kappa shape index (κ3) is 2.05. The second-order valence-corrected chi connectivity index (χ2v) is 6.21. The first kappa shape index (κ1) is 11.8. The van der Waals surface area contributed by atoms with Crippen molar-refractivity contribution in [2.45, 2.75) is 31.7 Å². The van der Waals surface area contributed by atoms with Crippen molar-refractivity contribution >= 4 is 17.5 Å². The van der Waals surface area contributed by atoms with Crippen molar-refractivity contribution < 1.29 is 9.53 Å². The first-order chi connectivity index (χ1) is 8.49. The van der Waals surface area contributed by atoms with Gasteiger partial charge in [-0.3, -0.25) is 4.79 Å². The fourth-order valence-corrected chi connectivity index (χ4v) is 3.46. The Balaban J connectivity index is 1.46. The molecular formula is C13H15ClN2O2. The number of hydrogen-bond donors (Lipinski definition) is 1. The molecule has 1 N–H and O–H groups in total. The number of amides is 1. The van der Waals surface area contributed by atoms with Crippen molar-refractivity contribution in [3.63, 3.8) is 0 Å². The smallest absolute Gasteiger partial charge is 0.258 e. The van der Waals surface area contributed by atoms with Crippen molar-refractivity contribution in [1.82, 2.24) is 10.3 Å². The van der Waals surface area contributed by atoms with E-state index in [1.165, 1.54) is 6.20 Å². The molecule has 3 aliphatic carbocycles. The topological polar surface area (TPSA) is 51.2 Å². The first-order valence-corrected chi connectivity index (χ1v) is 6.42. The minimum absolute atomic E-state index is 0.00704. The molecular weight excluding hydrogens is 252 g/mol. The summed E-state index contributed by atoms with van der Waals surface area (Å²) < 4.78 is 5.30. The molecule has 4 rings (SSSR count). The molecule has 3 saturated carbocycles. The summed E-state index contributed by atoms with van der Waals surface area (Å²) in [4.78, 5) is 15.7. The molecule has 1 aromatic heterocycles. The van der Waals surface area contributed by atoms with E-state index >= 15 is 0 Å². The molecule has 5 heteroatoms. The van der Waals surface area contributed by atoms with Crippen molar-refractivity contribution in [3.05, 3.63) is 23.4 Å². The molecule has 1 aromatic rings. The predicted molar refractivity (Wildman–Crippen MR) is 67.6 cm³/mol. The van der Waals surface area contributed by atoms with Crippen molar-refractivity contribution in [2.75, 3.05) is 6.61 Å². The van der Waals surface area contributed by atoms with Gasteiger partial charge in [0.15, 0.2) is 6.61 Å². The van der Waals surface area contributed by atoms with Gasteiger partial charge in [-0.25, -0.2) is 4.98 Å². The highest BCUT2D eigenvalue weighted by Crippen LogP contribution is 2.66. The van der Waals surface area contributed by atoms with Gasteiger partial charge in [-0.1, -0.05) is 18.5 Å². The number of ether oxygens (including phenoxy) is 1. The molecule has 2 bridgehead atoms. The monoisotopic (exact) mass is 266 g/mol. The number of halogens is 1. The van der Waals surface area contributed by atoms with Gasteiger partial charge in [0.2, 0.25) is 5.88 Å². The van der Waals surface area contributed by atoms with E-state index in [0.29, 0.717) is 16.3 Å². The molecule has 1 amide bonds. The van der Waals surface area contributed by atoms with Crippen LogP contribution < -0.4 is 10.1 Å². The second-order valence-electron chi connectivity index (χ2n) is 5.77. The van der Waals surface area contributed by atoms with Crippen LogP contribution >= 0.6 is 11.6 Å². The molecule has 0 saturated heterocycles. The van der Waals surface area contributed by atoms with Crippen LogP contribution in [0.2, 0.25) is 5.02 Å². The van der Waals surface area contributed by atoms with Crippen LogP contribution in [-0.2, 0) is 4.79 Å². The van der Waals surface area contributed by atoms with Gasteiger partial charge >= 0.3 is 0 Å². The van der Waals surface area contributed by atoms with Gasteiger partial charge in [0.25, 0.3) is 5.91 Å². The van der Waals surface area contributed by atoms with Gasteiger partial charge in [0, 0.05) is 17.8 Å². The number of carbonyl (C=O) groups is 1. The lowest BCUT2D eigenvalue weighted by atomic mass is 9.40. The quantitative estimate of drug-likeness (QED) is 0.909. The van der Waals surface area contributed by atoms with Crippen LogP contribution in [0.15, 0.2) is 18.3 Å². The molecule has 0 atom stereocenters. The van der Waals surface area contributed by atoms with Gasteiger partial charge in [-0.15, -0.1) is 0 Å². The molecule has 0 aliphatic heterocycles. The van der Waals surface area contributed by atoms with Crippen molar-refractivity contribution in [2.24, 2.45) is 5.41 Å². The van der Waals surface area contributed by atoms with E-state index in [9.17, 15) is 4.79 Å². The lowest BCUT2D eigenvalue weighted by Gasteiger charge is -2.69. The summed E-state index contributed by atoms with van der Waals surface area (Å²) >= 11 is 5.71. The van der Waals surface area contributed by atoms with Gasteiger partial charge in [-0.2, -0.15) is 0 Å². The Hall–Kier alpha value is -1.29.